The Morgan fingerprint density at radius 1 is 0.931 bits per heavy atom. The lowest BCUT2D eigenvalue weighted by molar-refractivity contribution is 0.568. The van der Waals surface area contributed by atoms with Gasteiger partial charge < -0.3 is 9.88 Å². The zero-order valence-corrected chi connectivity index (χ0v) is 17.7. The maximum absolute atomic E-state index is 6.09. The van der Waals surface area contributed by atoms with E-state index in [2.05, 4.69) is 84.7 Å². The second-order valence-electron chi connectivity index (χ2n) is 7.85. The zero-order chi connectivity index (χ0) is 20.3. The molecule has 2 aromatic carbocycles. The van der Waals surface area contributed by atoms with Crippen LogP contribution < -0.4 is 5.32 Å². The van der Waals surface area contributed by atoms with Gasteiger partial charge in [0.05, 0.1) is 11.4 Å². The summed E-state index contributed by atoms with van der Waals surface area (Å²) in [4.78, 5) is 0. The highest BCUT2D eigenvalue weighted by Gasteiger charge is 2.29. The monoisotopic (exact) mass is 402 g/mol. The molecule has 1 atom stereocenters. The number of halogens is 1. The SMILES string of the molecule is Cc1ccc2c(c1)-c1cc(C)nn1C(c1cc(C)n(-c3ccc(Cl)cc3)c1C)N2. The minimum absolute atomic E-state index is 0.0545. The molecule has 5 heteroatoms. The average molecular weight is 403 g/mol. The number of fused-ring (bicyclic) bond motifs is 3. The largest absolute Gasteiger partial charge is 0.359 e. The van der Waals surface area contributed by atoms with E-state index in [-0.39, 0.29) is 6.17 Å². The average Bonchev–Trinajstić information content (AvgIpc) is 3.22. The fourth-order valence-electron chi connectivity index (χ4n) is 4.38. The number of anilines is 1. The second kappa shape index (κ2) is 6.53. The molecule has 2 aromatic heterocycles. The lowest BCUT2D eigenvalue weighted by Crippen LogP contribution is -2.26. The topological polar surface area (TPSA) is 34.8 Å². The molecule has 4 nitrogen and oxygen atoms in total. The van der Waals surface area contributed by atoms with Gasteiger partial charge >= 0.3 is 0 Å². The third-order valence-corrected chi connectivity index (χ3v) is 5.95. The molecule has 0 fully saturated rings. The Balaban J connectivity index is 1.66. The van der Waals surface area contributed by atoms with Gasteiger partial charge in [-0.1, -0.05) is 23.2 Å². The number of aromatic nitrogens is 3. The van der Waals surface area contributed by atoms with Gasteiger partial charge in [0.2, 0.25) is 0 Å². The van der Waals surface area contributed by atoms with Gasteiger partial charge in [-0.2, -0.15) is 5.10 Å². The van der Waals surface area contributed by atoms with Crippen LogP contribution in [0.1, 0.15) is 34.4 Å². The Labute approximate surface area is 175 Å². The molecule has 29 heavy (non-hydrogen) atoms. The van der Waals surface area contributed by atoms with Crippen LogP contribution in [0.4, 0.5) is 5.69 Å². The number of hydrogen-bond acceptors (Lipinski definition) is 2. The third kappa shape index (κ3) is 2.87. The highest BCUT2D eigenvalue weighted by Crippen LogP contribution is 2.40. The van der Waals surface area contributed by atoms with Gasteiger partial charge in [-0.15, -0.1) is 0 Å². The van der Waals surface area contributed by atoms with E-state index in [1.165, 1.54) is 28.1 Å². The number of nitrogens with zero attached hydrogens (tertiary/aromatic N) is 3. The smallest absolute Gasteiger partial charge is 0.149 e. The van der Waals surface area contributed by atoms with E-state index in [1.807, 2.05) is 12.1 Å². The van der Waals surface area contributed by atoms with E-state index in [4.69, 9.17) is 16.7 Å². The predicted molar refractivity (Wildman–Crippen MR) is 119 cm³/mol. The Morgan fingerprint density at radius 2 is 1.69 bits per heavy atom. The standard InChI is InChI=1S/C24H23ClN4/c1-14-5-10-22-21(11-14)23-12-15(2)27-29(23)24(26-22)20-13-16(3)28(17(20)4)19-8-6-18(25)7-9-19/h5-13,24,26H,1-4H3. The summed E-state index contributed by atoms with van der Waals surface area (Å²) in [7, 11) is 0. The predicted octanol–water partition coefficient (Wildman–Crippen LogP) is 6.20. The van der Waals surface area contributed by atoms with Crippen LogP contribution in [0.15, 0.2) is 54.6 Å². The Kier molecular flexibility index (Phi) is 4.07. The summed E-state index contributed by atoms with van der Waals surface area (Å²) in [6.45, 7) is 8.48. The molecule has 146 valence electrons. The summed E-state index contributed by atoms with van der Waals surface area (Å²) >= 11 is 6.09. The quantitative estimate of drug-likeness (QED) is 0.433. The Bertz CT molecular complexity index is 1230. The van der Waals surface area contributed by atoms with Crippen molar-refractivity contribution < 1.29 is 0 Å². The highest BCUT2D eigenvalue weighted by atomic mass is 35.5. The van der Waals surface area contributed by atoms with Crippen molar-refractivity contribution in [3.05, 3.63) is 87.8 Å². The molecule has 0 saturated heterocycles. The van der Waals surface area contributed by atoms with Crippen LogP contribution in [-0.2, 0) is 0 Å². The number of benzene rings is 2. The molecule has 4 aromatic rings. The number of rotatable bonds is 2. The van der Waals surface area contributed by atoms with Crippen LogP contribution in [-0.4, -0.2) is 14.3 Å². The third-order valence-electron chi connectivity index (χ3n) is 5.70. The molecule has 0 spiro atoms. The van der Waals surface area contributed by atoms with Crippen molar-refractivity contribution in [1.29, 1.82) is 0 Å². The van der Waals surface area contributed by atoms with Crippen molar-refractivity contribution in [2.24, 2.45) is 0 Å². The Hall–Kier alpha value is -2.98. The minimum Gasteiger partial charge on any atom is -0.359 e. The number of nitrogens with one attached hydrogen (secondary N) is 1. The summed E-state index contributed by atoms with van der Waals surface area (Å²) in [6.07, 6.45) is -0.0545. The molecule has 0 saturated carbocycles. The summed E-state index contributed by atoms with van der Waals surface area (Å²) < 4.78 is 4.39. The van der Waals surface area contributed by atoms with Crippen LogP contribution >= 0.6 is 11.6 Å². The fraction of sp³-hybridized carbons (Fsp3) is 0.208. The van der Waals surface area contributed by atoms with Crippen LogP contribution in [0.3, 0.4) is 0 Å². The lowest BCUT2D eigenvalue weighted by atomic mass is 10.0. The van der Waals surface area contributed by atoms with Crippen molar-refractivity contribution >= 4 is 17.3 Å². The van der Waals surface area contributed by atoms with E-state index in [0.717, 1.165) is 27.8 Å². The van der Waals surface area contributed by atoms with Gasteiger partial charge in [-0.25, -0.2) is 4.68 Å². The van der Waals surface area contributed by atoms with E-state index >= 15 is 0 Å². The van der Waals surface area contributed by atoms with Crippen LogP contribution in [0.2, 0.25) is 5.02 Å². The van der Waals surface area contributed by atoms with E-state index in [9.17, 15) is 0 Å². The minimum atomic E-state index is -0.0545. The normalized spacial score (nSPS) is 15.0. The second-order valence-corrected chi connectivity index (χ2v) is 8.29. The first-order valence-electron chi connectivity index (χ1n) is 9.81. The summed E-state index contributed by atoms with van der Waals surface area (Å²) in [5.41, 5.74) is 10.5. The molecule has 1 unspecified atom stereocenters. The summed E-state index contributed by atoms with van der Waals surface area (Å²) in [6, 6.07) is 18.9. The van der Waals surface area contributed by atoms with E-state index in [1.54, 1.807) is 0 Å². The van der Waals surface area contributed by atoms with Crippen molar-refractivity contribution in [3.8, 4) is 16.9 Å². The Morgan fingerprint density at radius 3 is 2.45 bits per heavy atom. The molecule has 0 bridgehead atoms. The highest BCUT2D eigenvalue weighted by molar-refractivity contribution is 6.30. The molecule has 1 aliphatic heterocycles. The fourth-order valence-corrected chi connectivity index (χ4v) is 4.51. The van der Waals surface area contributed by atoms with Crippen molar-refractivity contribution in [2.45, 2.75) is 33.9 Å². The first-order valence-corrected chi connectivity index (χ1v) is 10.2. The molecule has 1 N–H and O–H groups in total. The summed E-state index contributed by atoms with van der Waals surface area (Å²) in [5.74, 6) is 0. The van der Waals surface area contributed by atoms with Crippen LogP contribution in [0, 0.1) is 27.7 Å². The van der Waals surface area contributed by atoms with Crippen LogP contribution in [0.5, 0.6) is 0 Å². The number of hydrogen-bond donors (Lipinski definition) is 1. The molecular formula is C24H23ClN4. The molecular weight excluding hydrogens is 380 g/mol. The van der Waals surface area contributed by atoms with Gasteiger partial charge in [0.15, 0.2) is 0 Å². The van der Waals surface area contributed by atoms with Crippen LogP contribution in [0.25, 0.3) is 16.9 Å². The van der Waals surface area contributed by atoms with Gasteiger partial charge in [0.1, 0.15) is 6.17 Å². The molecule has 1 aliphatic rings. The van der Waals surface area contributed by atoms with Gasteiger partial charge in [0, 0.05) is 38.9 Å². The van der Waals surface area contributed by atoms with Crippen molar-refractivity contribution in [2.75, 3.05) is 5.32 Å². The van der Waals surface area contributed by atoms with Gasteiger partial charge in [-0.3, -0.25) is 0 Å². The van der Waals surface area contributed by atoms with Crippen molar-refractivity contribution in [3.63, 3.8) is 0 Å². The molecule has 5 rings (SSSR count). The van der Waals surface area contributed by atoms with Gasteiger partial charge in [0.25, 0.3) is 0 Å². The van der Waals surface area contributed by atoms with E-state index < -0.39 is 0 Å². The molecule has 0 amide bonds. The number of aryl methyl sites for hydroxylation is 3. The summed E-state index contributed by atoms with van der Waals surface area (Å²) in [5, 5.41) is 9.29. The first-order chi connectivity index (χ1) is 13.9. The van der Waals surface area contributed by atoms with Gasteiger partial charge in [-0.05, 0) is 76.2 Å². The zero-order valence-electron chi connectivity index (χ0n) is 17.0. The lowest BCUT2D eigenvalue weighted by Gasteiger charge is -2.29. The molecule has 0 radical (unpaired) electrons. The first kappa shape index (κ1) is 18.1. The maximum atomic E-state index is 6.09. The van der Waals surface area contributed by atoms with Crippen molar-refractivity contribution in [1.82, 2.24) is 14.3 Å². The maximum Gasteiger partial charge on any atom is 0.149 e. The molecule has 3 heterocycles. The molecule has 0 aliphatic carbocycles. The van der Waals surface area contributed by atoms with E-state index in [0.29, 0.717) is 0 Å².